The van der Waals surface area contributed by atoms with Crippen LogP contribution in [0, 0.1) is 51.2 Å². The van der Waals surface area contributed by atoms with Gasteiger partial charge in [0.15, 0.2) is 5.78 Å². The van der Waals surface area contributed by atoms with Crippen molar-refractivity contribution in [2.45, 2.75) is 171 Å². The number of hydrogen-bond donors (Lipinski definition) is 8. The maximum Gasteiger partial charge on any atom is 0.309 e. The van der Waals surface area contributed by atoms with Gasteiger partial charge in [0.05, 0.1) is 53.7 Å². The number of epoxide rings is 1. The largest absolute Gasteiger partial charge is 0.481 e. The highest BCUT2D eigenvalue weighted by Gasteiger charge is 2.84. The molecule has 15 heteroatoms. The van der Waals surface area contributed by atoms with Crippen LogP contribution in [0.1, 0.15) is 105 Å². The van der Waals surface area contributed by atoms with E-state index in [0.717, 1.165) is 31.3 Å². The van der Waals surface area contributed by atoms with Crippen LogP contribution in [0.3, 0.4) is 0 Å². The van der Waals surface area contributed by atoms with Gasteiger partial charge in [-0.2, -0.15) is 0 Å². The third-order valence-corrected chi connectivity index (χ3v) is 17.4. The summed E-state index contributed by atoms with van der Waals surface area (Å²) in [6.45, 7) is 10.4. The minimum absolute atomic E-state index is 0.0212. The van der Waals surface area contributed by atoms with E-state index in [1.54, 1.807) is 0 Å². The molecule has 7 fully saturated rings. The van der Waals surface area contributed by atoms with E-state index in [1.807, 2.05) is 13.0 Å². The number of aliphatic hydroxyl groups is 5. The number of carbonyl (C=O) groups excluding carboxylic acids is 1. The molecule has 7 aliphatic carbocycles. The predicted molar refractivity (Wildman–Crippen MR) is 196 cm³/mol. The average molecular weight is 805 g/mol. The second-order valence-corrected chi connectivity index (χ2v) is 20.6. The van der Waals surface area contributed by atoms with Crippen LogP contribution in [0.15, 0.2) is 11.6 Å². The Hall–Kier alpha value is -2.50. The van der Waals surface area contributed by atoms with Crippen LogP contribution >= 0.6 is 0 Å². The summed E-state index contributed by atoms with van der Waals surface area (Å²) in [6.07, 6.45) is -6.37. The molecule has 8 N–H and O–H groups in total. The van der Waals surface area contributed by atoms with Gasteiger partial charge in [-0.1, -0.05) is 27.7 Å². The lowest BCUT2D eigenvalue weighted by atomic mass is 9.40. The number of ketones is 1. The third kappa shape index (κ3) is 5.72. The van der Waals surface area contributed by atoms with Gasteiger partial charge in [0.1, 0.15) is 35.6 Å². The molecule has 0 bridgehead atoms. The molecule has 1 saturated heterocycles. The second kappa shape index (κ2) is 13.2. The zero-order valence-electron chi connectivity index (χ0n) is 33.4. The lowest BCUT2D eigenvalue weighted by Crippen LogP contribution is -2.65. The molecule has 0 aromatic carbocycles. The molecule has 57 heavy (non-hydrogen) atoms. The van der Waals surface area contributed by atoms with Gasteiger partial charge in [-0.25, -0.2) is 0 Å². The molecule has 1 aliphatic heterocycles. The maximum absolute atomic E-state index is 14.6. The number of ether oxygens (including phenoxy) is 3. The van der Waals surface area contributed by atoms with Gasteiger partial charge < -0.3 is 55.1 Å². The van der Waals surface area contributed by atoms with Crippen molar-refractivity contribution < 1.29 is 74.2 Å². The second-order valence-electron chi connectivity index (χ2n) is 20.6. The minimum Gasteiger partial charge on any atom is -0.481 e. The Bertz CT molecular complexity index is 1750. The fourth-order valence-corrected chi connectivity index (χ4v) is 13.9. The summed E-state index contributed by atoms with van der Waals surface area (Å²) in [5, 5.41) is 83.9. The minimum atomic E-state index is -1.90. The zero-order chi connectivity index (χ0) is 41.6. The van der Waals surface area contributed by atoms with Gasteiger partial charge in [-0.05, 0) is 117 Å². The van der Waals surface area contributed by atoms with Crippen molar-refractivity contribution in [3.63, 3.8) is 0 Å². The van der Waals surface area contributed by atoms with Crippen LogP contribution in [-0.2, 0) is 33.4 Å². The van der Waals surface area contributed by atoms with Crippen molar-refractivity contribution in [1.82, 2.24) is 0 Å². The van der Waals surface area contributed by atoms with E-state index in [-0.39, 0.29) is 29.5 Å². The van der Waals surface area contributed by atoms with Crippen LogP contribution in [0.4, 0.5) is 0 Å². The van der Waals surface area contributed by atoms with E-state index in [2.05, 4.69) is 27.7 Å². The summed E-state index contributed by atoms with van der Waals surface area (Å²) in [7, 11) is 0. The zero-order valence-corrected chi connectivity index (χ0v) is 33.4. The van der Waals surface area contributed by atoms with Crippen molar-refractivity contribution in [3.05, 3.63) is 11.6 Å². The first-order valence-corrected chi connectivity index (χ1v) is 20.8. The SMILES string of the molecule is CC1(C)C2CC[C@@]34O[C@]35CC[C@@]3(C)CC[C@](C)(C(=O)O)C[C@H]3C5=CC(=O)C4[C@@]2(C)CC[C@@H]1O[C@@H]1C[C@H](C(=O)O)[C@@H](O[C@H]2C[C@H](C(=O)O)[C@@H](O)[C@@H](O)[C@H]2O)[C@H](O)[C@H]1O. The fraction of sp³-hybridized carbons (Fsp3) is 0.857. The standard InChI is InChI=1S/C42H60O15/c1-37(2)25-6-9-42-33(22(43)16-20-21-17-39(4,36(53)54)11-10-38(21,3)12-13-41(20,42)57-42)40(25,5)8-7-26(37)55-23-15-19(35(51)52)32(31(48)29(23)46)56-24-14-18(34(49)50)27(44)30(47)28(24)45/h16,18-19,21,23-33,44-48H,6-15,17H2,1-5H3,(H,49,50)(H,51,52)(H,53,54)/t18-,19-,21-,23+,24-,25?,26-,27+,28-,29-,30+,31+,32+,33?,38+,39-,40-,41-,42-/m0/s1. The van der Waals surface area contributed by atoms with Gasteiger partial charge in [0.2, 0.25) is 0 Å². The molecule has 15 nitrogen and oxygen atoms in total. The first-order valence-electron chi connectivity index (χ1n) is 20.8. The fourth-order valence-electron chi connectivity index (χ4n) is 13.9. The van der Waals surface area contributed by atoms with Gasteiger partial charge in [0, 0.05) is 0 Å². The summed E-state index contributed by atoms with van der Waals surface area (Å²) in [4.78, 5) is 51.4. The van der Waals surface area contributed by atoms with Crippen molar-refractivity contribution in [3.8, 4) is 0 Å². The van der Waals surface area contributed by atoms with Crippen LogP contribution in [0.2, 0.25) is 0 Å². The monoisotopic (exact) mass is 804 g/mol. The van der Waals surface area contributed by atoms with Gasteiger partial charge in [0.25, 0.3) is 0 Å². The molecular formula is C42H60O15. The van der Waals surface area contributed by atoms with Gasteiger partial charge in [-0.3, -0.25) is 19.2 Å². The van der Waals surface area contributed by atoms with E-state index in [1.165, 1.54) is 0 Å². The highest BCUT2D eigenvalue weighted by molar-refractivity contribution is 5.97. The first kappa shape index (κ1) is 41.2. The Morgan fingerprint density at radius 1 is 0.719 bits per heavy atom. The summed E-state index contributed by atoms with van der Waals surface area (Å²) in [5.41, 5.74) is -2.24. The number of fused-ring (bicyclic) bond motifs is 4. The Balaban J connectivity index is 1.01. The molecule has 0 aromatic heterocycles. The van der Waals surface area contributed by atoms with Crippen LogP contribution in [0.25, 0.3) is 0 Å². The molecule has 2 unspecified atom stereocenters. The van der Waals surface area contributed by atoms with Crippen molar-refractivity contribution >= 4 is 23.7 Å². The molecule has 0 amide bonds. The molecule has 1 heterocycles. The van der Waals surface area contributed by atoms with Gasteiger partial charge >= 0.3 is 17.9 Å². The number of rotatable bonds is 7. The summed E-state index contributed by atoms with van der Waals surface area (Å²) in [6, 6.07) is 0. The number of carboxylic acids is 3. The average Bonchev–Trinajstić information content (AvgIpc) is 3.79. The molecule has 8 rings (SSSR count). The molecule has 0 radical (unpaired) electrons. The van der Waals surface area contributed by atoms with E-state index < -0.39 is 124 Å². The summed E-state index contributed by atoms with van der Waals surface area (Å²) in [5.74, 6) is -7.00. The Morgan fingerprint density at radius 3 is 1.98 bits per heavy atom. The summed E-state index contributed by atoms with van der Waals surface area (Å²) >= 11 is 0. The normalized spacial score (nSPS) is 53.8. The smallest absolute Gasteiger partial charge is 0.309 e. The van der Waals surface area contributed by atoms with E-state index in [9.17, 15) is 60.0 Å². The van der Waals surface area contributed by atoms with Crippen LogP contribution in [0.5, 0.6) is 0 Å². The quantitative estimate of drug-likeness (QED) is 0.171. The number of carbonyl (C=O) groups is 4. The van der Waals surface area contributed by atoms with E-state index >= 15 is 0 Å². The molecule has 0 aromatic rings. The molecular weight excluding hydrogens is 744 g/mol. The molecule has 318 valence electrons. The van der Waals surface area contributed by atoms with Crippen molar-refractivity contribution in [1.29, 1.82) is 0 Å². The molecule has 8 aliphatic rings. The number of carboxylic acid groups (broad SMARTS) is 3. The van der Waals surface area contributed by atoms with Crippen molar-refractivity contribution in [2.24, 2.45) is 51.2 Å². The summed E-state index contributed by atoms with van der Waals surface area (Å²) < 4.78 is 19.4. The van der Waals surface area contributed by atoms with E-state index in [4.69, 9.17) is 14.2 Å². The lowest BCUT2D eigenvalue weighted by molar-refractivity contribution is -0.254. The number of allylic oxidation sites excluding steroid dienone is 1. The topological polar surface area (TPSA) is 261 Å². The van der Waals surface area contributed by atoms with Crippen LogP contribution < -0.4 is 0 Å². The van der Waals surface area contributed by atoms with E-state index in [0.29, 0.717) is 32.1 Å². The highest BCUT2D eigenvalue weighted by atomic mass is 16.6. The Kier molecular flexibility index (Phi) is 9.59. The highest BCUT2D eigenvalue weighted by Crippen LogP contribution is 2.78. The Morgan fingerprint density at radius 2 is 1.33 bits per heavy atom. The lowest BCUT2D eigenvalue weighted by Gasteiger charge is -2.62. The third-order valence-electron chi connectivity index (χ3n) is 17.4. The molecule has 2 spiro atoms. The maximum atomic E-state index is 14.6. The first-order chi connectivity index (χ1) is 26.5. The molecule has 19 atom stereocenters. The molecule has 6 saturated carbocycles. The van der Waals surface area contributed by atoms with Gasteiger partial charge in [-0.15, -0.1) is 0 Å². The number of aliphatic carboxylic acids is 3. The predicted octanol–water partition coefficient (Wildman–Crippen LogP) is 2.07. The Labute approximate surface area is 331 Å². The number of aliphatic hydroxyl groups excluding tert-OH is 5. The van der Waals surface area contributed by atoms with Crippen molar-refractivity contribution in [2.75, 3.05) is 0 Å². The van der Waals surface area contributed by atoms with Crippen LogP contribution in [-0.4, -0.2) is 131 Å². The number of hydrogen-bond acceptors (Lipinski definition) is 12.